The van der Waals surface area contributed by atoms with Crippen molar-refractivity contribution in [2.75, 3.05) is 7.05 Å². The van der Waals surface area contributed by atoms with Crippen LogP contribution in [0.1, 0.15) is 23.5 Å². The van der Waals surface area contributed by atoms with Crippen LogP contribution in [0.5, 0.6) is 0 Å². The van der Waals surface area contributed by atoms with E-state index in [1.807, 2.05) is 61.3 Å². The van der Waals surface area contributed by atoms with E-state index in [2.05, 4.69) is 0 Å². The molecule has 0 radical (unpaired) electrons. The molecule has 23 heavy (non-hydrogen) atoms. The third-order valence-electron chi connectivity index (χ3n) is 4.14. The number of amides is 2. The zero-order valence-electron chi connectivity index (χ0n) is 13.4. The monoisotopic (exact) mass is 312 g/mol. The number of imide groups is 1. The normalized spacial score (nSPS) is 18.2. The Labute approximate surface area is 135 Å². The predicted molar refractivity (Wildman–Crippen MR) is 85.3 cm³/mol. The van der Waals surface area contributed by atoms with Gasteiger partial charge in [0.25, 0.3) is 0 Å². The molecule has 5 nitrogen and oxygen atoms in total. The largest absolute Gasteiger partial charge is 0.465 e. The van der Waals surface area contributed by atoms with Crippen LogP contribution < -0.4 is 0 Å². The van der Waals surface area contributed by atoms with E-state index >= 15 is 0 Å². The molecule has 1 unspecified atom stereocenters. The quantitative estimate of drug-likeness (QED) is 0.795. The van der Waals surface area contributed by atoms with Gasteiger partial charge in [-0.3, -0.25) is 19.4 Å². The summed E-state index contributed by atoms with van der Waals surface area (Å²) in [5, 5.41) is 0. The van der Waals surface area contributed by atoms with Gasteiger partial charge in [0.2, 0.25) is 11.8 Å². The van der Waals surface area contributed by atoms with Gasteiger partial charge in [-0.05, 0) is 31.7 Å². The highest BCUT2D eigenvalue weighted by molar-refractivity contribution is 6.05. The highest BCUT2D eigenvalue weighted by Gasteiger charge is 2.40. The predicted octanol–water partition coefficient (Wildman–Crippen LogP) is 2.35. The molecule has 5 heteroatoms. The fourth-order valence-corrected chi connectivity index (χ4v) is 2.87. The maximum Gasteiger partial charge on any atom is 0.247 e. The van der Waals surface area contributed by atoms with Gasteiger partial charge in [-0.25, -0.2) is 0 Å². The zero-order valence-corrected chi connectivity index (χ0v) is 13.4. The van der Waals surface area contributed by atoms with Gasteiger partial charge in [-0.1, -0.05) is 30.3 Å². The molecule has 0 bridgehead atoms. The van der Waals surface area contributed by atoms with Crippen LogP contribution in [0.2, 0.25) is 0 Å². The van der Waals surface area contributed by atoms with Gasteiger partial charge in [0.1, 0.15) is 11.5 Å². The Kier molecular flexibility index (Phi) is 4.30. The number of nitrogens with zero attached hydrogens (tertiary/aromatic N) is 2. The Bertz CT molecular complexity index is 708. The lowest BCUT2D eigenvalue weighted by Crippen LogP contribution is -2.39. The number of aryl methyl sites for hydroxylation is 1. The van der Waals surface area contributed by atoms with Crippen LogP contribution in [0.15, 0.2) is 46.9 Å². The number of carbonyl (C=O) groups excluding carboxylic acids is 2. The summed E-state index contributed by atoms with van der Waals surface area (Å²) < 4.78 is 5.55. The summed E-state index contributed by atoms with van der Waals surface area (Å²) in [7, 11) is 1.85. The minimum atomic E-state index is -0.420. The molecule has 3 rings (SSSR count). The summed E-state index contributed by atoms with van der Waals surface area (Å²) in [4.78, 5) is 28.0. The van der Waals surface area contributed by atoms with Gasteiger partial charge in [-0.2, -0.15) is 0 Å². The molecule has 2 amide bonds. The van der Waals surface area contributed by atoms with E-state index in [0.29, 0.717) is 13.1 Å². The van der Waals surface area contributed by atoms with Crippen molar-refractivity contribution in [2.24, 2.45) is 0 Å². The highest BCUT2D eigenvalue weighted by Crippen LogP contribution is 2.22. The SMILES string of the molecule is Cc1ccc(CN(C)C2CC(=O)N(Cc3ccccc3)C2=O)o1. The fourth-order valence-electron chi connectivity index (χ4n) is 2.87. The van der Waals surface area contributed by atoms with Crippen molar-refractivity contribution < 1.29 is 14.0 Å². The third kappa shape index (κ3) is 3.35. The second kappa shape index (κ2) is 6.38. The number of benzene rings is 1. The molecule has 1 aliphatic rings. The summed E-state index contributed by atoms with van der Waals surface area (Å²) in [5.41, 5.74) is 0.958. The maximum atomic E-state index is 12.6. The molecule has 1 aromatic carbocycles. The van der Waals surface area contributed by atoms with Gasteiger partial charge in [-0.15, -0.1) is 0 Å². The first-order valence-corrected chi connectivity index (χ1v) is 7.68. The summed E-state index contributed by atoms with van der Waals surface area (Å²) in [6.07, 6.45) is 0.224. The maximum absolute atomic E-state index is 12.6. The molecule has 1 atom stereocenters. The zero-order chi connectivity index (χ0) is 16.4. The molecule has 120 valence electrons. The lowest BCUT2D eigenvalue weighted by molar-refractivity contribution is -0.140. The number of hydrogen-bond donors (Lipinski definition) is 0. The minimum absolute atomic E-state index is 0.119. The average molecular weight is 312 g/mol. The standard InChI is InChI=1S/C18H20N2O3/c1-13-8-9-15(23-13)12-19(2)16-10-17(21)20(18(16)22)11-14-6-4-3-5-7-14/h3-9,16H,10-12H2,1-2H3. The molecule has 1 aromatic heterocycles. The smallest absolute Gasteiger partial charge is 0.247 e. The average Bonchev–Trinajstić information content (AvgIpc) is 3.06. The number of furan rings is 1. The Hall–Kier alpha value is -2.40. The van der Waals surface area contributed by atoms with E-state index in [-0.39, 0.29) is 18.2 Å². The molecule has 2 heterocycles. The Morgan fingerprint density at radius 2 is 1.91 bits per heavy atom. The second-order valence-corrected chi connectivity index (χ2v) is 5.95. The van der Waals surface area contributed by atoms with Crippen molar-refractivity contribution in [2.45, 2.75) is 32.5 Å². The van der Waals surface area contributed by atoms with Crippen molar-refractivity contribution in [1.29, 1.82) is 0 Å². The van der Waals surface area contributed by atoms with E-state index in [4.69, 9.17) is 4.42 Å². The van der Waals surface area contributed by atoms with Crippen molar-refractivity contribution in [3.63, 3.8) is 0 Å². The van der Waals surface area contributed by atoms with Crippen LogP contribution in [-0.2, 0) is 22.7 Å². The topological polar surface area (TPSA) is 53.8 Å². The Morgan fingerprint density at radius 1 is 1.17 bits per heavy atom. The first-order chi connectivity index (χ1) is 11.0. The highest BCUT2D eigenvalue weighted by atomic mass is 16.3. The summed E-state index contributed by atoms with van der Waals surface area (Å²) in [5.74, 6) is 1.38. The fraction of sp³-hybridized carbons (Fsp3) is 0.333. The summed E-state index contributed by atoms with van der Waals surface area (Å²) in [6.45, 7) is 2.73. The number of likely N-dealkylation sites (N-methyl/N-ethyl adjacent to an activating group) is 1. The number of likely N-dealkylation sites (tertiary alicyclic amines) is 1. The first-order valence-electron chi connectivity index (χ1n) is 7.68. The van der Waals surface area contributed by atoms with Crippen molar-refractivity contribution >= 4 is 11.8 Å². The molecule has 1 fully saturated rings. The first kappa shape index (κ1) is 15.5. The van der Waals surface area contributed by atoms with E-state index < -0.39 is 6.04 Å². The number of hydrogen-bond acceptors (Lipinski definition) is 4. The molecular formula is C18H20N2O3. The number of carbonyl (C=O) groups is 2. The van der Waals surface area contributed by atoms with E-state index in [1.54, 1.807) is 0 Å². The second-order valence-electron chi connectivity index (χ2n) is 5.95. The number of rotatable bonds is 5. The Morgan fingerprint density at radius 3 is 2.57 bits per heavy atom. The van der Waals surface area contributed by atoms with Crippen molar-refractivity contribution in [3.8, 4) is 0 Å². The van der Waals surface area contributed by atoms with Gasteiger partial charge in [0.05, 0.1) is 25.6 Å². The van der Waals surface area contributed by atoms with Gasteiger partial charge in [0.15, 0.2) is 0 Å². The lowest BCUT2D eigenvalue weighted by Gasteiger charge is -2.21. The van der Waals surface area contributed by atoms with Crippen LogP contribution in [0, 0.1) is 6.92 Å². The van der Waals surface area contributed by atoms with Crippen LogP contribution in [0.25, 0.3) is 0 Å². The van der Waals surface area contributed by atoms with Crippen LogP contribution in [0.4, 0.5) is 0 Å². The molecule has 0 saturated carbocycles. The molecule has 1 aliphatic heterocycles. The lowest BCUT2D eigenvalue weighted by atomic mass is 10.2. The Balaban J connectivity index is 1.68. The van der Waals surface area contributed by atoms with Crippen LogP contribution in [0.3, 0.4) is 0 Å². The molecule has 0 aliphatic carbocycles. The van der Waals surface area contributed by atoms with E-state index in [0.717, 1.165) is 17.1 Å². The summed E-state index contributed by atoms with van der Waals surface area (Å²) in [6, 6.07) is 12.9. The molecule has 2 aromatic rings. The van der Waals surface area contributed by atoms with E-state index in [9.17, 15) is 9.59 Å². The molecule has 0 spiro atoms. The third-order valence-corrected chi connectivity index (χ3v) is 4.14. The van der Waals surface area contributed by atoms with Gasteiger partial charge in [0, 0.05) is 0 Å². The van der Waals surface area contributed by atoms with Crippen LogP contribution >= 0.6 is 0 Å². The summed E-state index contributed by atoms with van der Waals surface area (Å²) >= 11 is 0. The molecular weight excluding hydrogens is 292 g/mol. The van der Waals surface area contributed by atoms with Crippen molar-refractivity contribution in [1.82, 2.24) is 9.80 Å². The van der Waals surface area contributed by atoms with Crippen LogP contribution in [-0.4, -0.2) is 34.7 Å². The van der Waals surface area contributed by atoms with Gasteiger partial charge >= 0.3 is 0 Å². The molecule has 1 saturated heterocycles. The van der Waals surface area contributed by atoms with Gasteiger partial charge < -0.3 is 4.42 Å². The minimum Gasteiger partial charge on any atom is -0.465 e. The molecule has 0 N–H and O–H groups in total. The van der Waals surface area contributed by atoms with E-state index in [1.165, 1.54) is 4.90 Å². The van der Waals surface area contributed by atoms with Crippen molar-refractivity contribution in [3.05, 3.63) is 59.5 Å².